The summed E-state index contributed by atoms with van der Waals surface area (Å²) in [5.41, 5.74) is 5.09. The monoisotopic (exact) mass is 273 g/mol. The molecule has 0 fully saturated rings. The zero-order chi connectivity index (χ0) is 13.8. The Morgan fingerprint density at radius 3 is 2.58 bits per heavy atom. The van der Waals surface area contributed by atoms with Crippen molar-refractivity contribution in [1.82, 2.24) is 0 Å². The number of halogens is 1. The highest BCUT2D eigenvalue weighted by Gasteiger charge is 2.10. The normalized spacial score (nSPS) is 12.2. The molecule has 2 heteroatoms. The quantitative estimate of drug-likeness (QED) is 0.788. The lowest BCUT2D eigenvalue weighted by molar-refractivity contribution is 0.877. The summed E-state index contributed by atoms with van der Waals surface area (Å²) in [5.74, 6) is 0. The van der Waals surface area contributed by atoms with Crippen molar-refractivity contribution in [2.75, 3.05) is 5.32 Å². The molecule has 1 N–H and O–H groups in total. The van der Waals surface area contributed by atoms with Crippen molar-refractivity contribution in [3.05, 3.63) is 64.2 Å². The summed E-state index contributed by atoms with van der Waals surface area (Å²) in [7, 11) is 0. The molecule has 0 bridgehead atoms. The number of nitrogens with one attached hydrogen (secondary N) is 1. The fourth-order valence-corrected chi connectivity index (χ4v) is 2.50. The third-order valence-corrected chi connectivity index (χ3v) is 3.68. The van der Waals surface area contributed by atoms with Crippen molar-refractivity contribution in [1.29, 1.82) is 0 Å². The third kappa shape index (κ3) is 3.30. The number of para-hydroxylation sites is 1. The minimum absolute atomic E-state index is 0.241. The maximum absolute atomic E-state index is 6.05. The molecule has 0 saturated heterocycles. The van der Waals surface area contributed by atoms with Gasteiger partial charge in [-0.3, -0.25) is 0 Å². The average molecular weight is 274 g/mol. The van der Waals surface area contributed by atoms with Gasteiger partial charge in [-0.1, -0.05) is 48.9 Å². The lowest BCUT2D eigenvalue weighted by Gasteiger charge is -2.20. The SMILES string of the molecule is CCc1cccc(C)c1NC(C)c1cccc(Cl)c1. The van der Waals surface area contributed by atoms with Crippen molar-refractivity contribution in [2.24, 2.45) is 0 Å². The first-order chi connectivity index (χ1) is 9.11. The Morgan fingerprint density at radius 2 is 1.89 bits per heavy atom. The topological polar surface area (TPSA) is 12.0 Å². The second-order valence-corrected chi connectivity index (χ2v) is 5.32. The molecule has 0 aliphatic rings. The van der Waals surface area contributed by atoms with Crippen LogP contribution in [0.5, 0.6) is 0 Å². The lowest BCUT2D eigenvalue weighted by Crippen LogP contribution is -2.09. The summed E-state index contributed by atoms with van der Waals surface area (Å²) in [5, 5.41) is 4.40. The van der Waals surface area contributed by atoms with Gasteiger partial charge in [-0.05, 0) is 49.1 Å². The predicted molar refractivity (Wildman–Crippen MR) is 84.0 cm³/mol. The highest BCUT2D eigenvalue weighted by atomic mass is 35.5. The fourth-order valence-electron chi connectivity index (χ4n) is 2.31. The molecule has 1 unspecified atom stereocenters. The number of hydrogen-bond acceptors (Lipinski definition) is 1. The maximum Gasteiger partial charge on any atom is 0.0486 e. The van der Waals surface area contributed by atoms with Crippen molar-refractivity contribution in [3.63, 3.8) is 0 Å². The van der Waals surface area contributed by atoms with E-state index in [2.05, 4.69) is 50.4 Å². The smallest absolute Gasteiger partial charge is 0.0486 e. The maximum atomic E-state index is 6.05. The molecule has 2 rings (SSSR count). The Kier molecular flexibility index (Phi) is 4.49. The fraction of sp³-hybridized carbons (Fsp3) is 0.294. The molecule has 100 valence electrons. The first-order valence-corrected chi connectivity index (χ1v) is 7.10. The van der Waals surface area contributed by atoms with Crippen LogP contribution >= 0.6 is 11.6 Å². The van der Waals surface area contributed by atoms with E-state index in [1.54, 1.807) is 0 Å². The molecular weight excluding hydrogens is 254 g/mol. The van der Waals surface area contributed by atoms with Gasteiger partial charge in [0.05, 0.1) is 0 Å². The van der Waals surface area contributed by atoms with E-state index in [4.69, 9.17) is 11.6 Å². The molecule has 0 spiro atoms. The van der Waals surface area contributed by atoms with Crippen LogP contribution in [0.2, 0.25) is 5.02 Å². The molecule has 2 aromatic rings. The molecule has 1 nitrogen and oxygen atoms in total. The molecule has 19 heavy (non-hydrogen) atoms. The zero-order valence-electron chi connectivity index (χ0n) is 11.7. The van der Waals surface area contributed by atoms with Gasteiger partial charge < -0.3 is 5.32 Å². The van der Waals surface area contributed by atoms with Crippen LogP contribution in [0.1, 0.15) is 36.6 Å². The molecule has 0 aliphatic carbocycles. The number of rotatable bonds is 4. The van der Waals surface area contributed by atoms with Gasteiger partial charge in [0.25, 0.3) is 0 Å². The van der Waals surface area contributed by atoms with Crippen LogP contribution in [0, 0.1) is 6.92 Å². The highest BCUT2D eigenvalue weighted by Crippen LogP contribution is 2.27. The van der Waals surface area contributed by atoms with E-state index in [0.29, 0.717) is 0 Å². The number of anilines is 1. The Balaban J connectivity index is 2.26. The Bertz CT molecular complexity index is 563. The largest absolute Gasteiger partial charge is 0.378 e. The average Bonchev–Trinajstić information content (AvgIpc) is 2.41. The van der Waals surface area contributed by atoms with Crippen molar-refractivity contribution in [3.8, 4) is 0 Å². The van der Waals surface area contributed by atoms with E-state index >= 15 is 0 Å². The van der Waals surface area contributed by atoms with Crippen molar-refractivity contribution in [2.45, 2.75) is 33.2 Å². The van der Waals surface area contributed by atoms with Crippen LogP contribution in [0.3, 0.4) is 0 Å². The molecule has 0 aliphatic heterocycles. The number of benzene rings is 2. The molecule has 0 saturated carbocycles. The van der Waals surface area contributed by atoms with Crippen LogP contribution in [0.15, 0.2) is 42.5 Å². The van der Waals surface area contributed by atoms with Crippen molar-refractivity contribution < 1.29 is 0 Å². The Hall–Kier alpha value is -1.47. The summed E-state index contributed by atoms with van der Waals surface area (Å²) < 4.78 is 0. The predicted octanol–water partition coefficient (Wildman–Crippen LogP) is 5.38. The van der Waals surface area contributed by atoms with E-state index in [1.165, 1.54) is 22.4 Å². The third-order valence-electron chi connectivity index (χ3n) is 3.45. The summed E-state index contributed by atoms with van der Waals surface area (Å²) in [6, 6.07) is 14.7. The number of hydrogen-bond donors (Lipinski definition) is 1. The van der Waals surface area contributed by atoms with Gasteiger partial charge in [0.2, 0.25) is 0 Å². The van der Waals surface area contributed by atoms with Gasteiger partial charge in [-0.15, -0.1) is 0 Å². The van der Waals surface area contributed by atoms with Crippen LogP contribution in [-0.4, -0.2) is 0 Å². The molecule has 0 radical (unpaired) electrons. The van der Waals surface area contributed by atoms with E-state index in [1.807, 2.05) is 18.2 Å². The molecule has 1 atom stereocenters. The summed E-state index contributed by atoms with van der Waals surface area (Å²) in [6.07, 6.45) is 1.03. The van der Waals surface area contributed by atoms with Crippen LogP contribution < -0.4 is 5.32 Å². The molecule has 2 aromatic carbocycles. The van der Waals surface area contributed by atoms with Crippen molar-refractivity contribution >= 4 is 17.3 Å². The van der Waals surface area contributed by atoms with Gasteiger partial charge in [-0.2, -0.15) is 0 Å². The van der Waals surface area contributed by atoms with Gasteiger partial charge in [0, 0.05) is 16.8 Å². The Morgan fingerprint density at radius 1 is 1.16 bits per heavy atom. The minimum Gasteiger partial charge on any atom is -0.378 e. The second kappa shape index (κ2) is 6.12. The summed E-state index contributed by atoms with van der Waals surface area (Å²) in [4.78, 5) is 0. The highest BCUT2D eigenvalue weighted by molar-refractivity contribution is 6.30. The lowest BCUT2D eigenvalue weighted by atomic mass is 10.0. The molecular formula is C17H20ClN. The van der Waals surface area contributed by atoms with E-state index in [9.17, 15) is 0 Å². The van der Waals surface area contributed by atoms with Crippen LogP contribution in [0.25, 0.3) is 0 Å². The van der Waals surface area contributed by atoms with E-state index in [-0.39, 0.29) is 6.04 Å². The van der Waals surface area contributed by atoms with Crippen LogP contribution in [0.4, 0.5) is 5.69 Å². The van der Waals surface area contributed by atoms with Crippen LogP contribution in [-0.2, 0) is 6.42 Å². The zero-order valence-corrected chi connectivity index (χ0v) is 12.5. The van der Waals surface area contributed by atoms with Gasteiger partial charge in [0.15, 0.2) is 0 Å². The van der Waals surface area contributed by atoms with E-state index in [0.717, 1.165) is 11.4 Å². The number of aryl methyl sites for hydroxylation is 2. The van der Waals surface area contributed by atoms with Gasteiger partial charge >= 0.3 is 0 Å². The molecule has 0 amide bonds. The van der Waals surface area contributed by atoms with Gasteiger partial charge in [-0.25, -0.2) is 0 Å². The standard InChI is InChI=1S/C17H20ClN/c1-4-14-8-5-7-12(2)17(14)19-13(3)15-9-6-10-16(18)11-15/h5-11,13,19H,4H2,1-3H3. The van der Waals surface area contributed by atoms with Gasteiger partial charge in [0.1, 0.15) is 0 Å². The minimum atomic E-state index is 0.241. The molecule has 0 heterocycles. The first kappa shape index (κ1) is 14.0. The van der Waals surface area contributed by atoms with E-state index < -0.39 is 0 Å². The summed E-state index contributed by atoms with van der Waals surface area (Å²) >= 11 is 6.05. The Labute approximate surface area is 120 Å². The first-order valence-electron chi connectivity index (χ1n) is 6.72. The second-order valence-electron chi connectivity index (χ2n) is 4.88. The molecule has 0 aromatic heterocycles. The summed E-state index contributed by atoms with van der Waals surface area (Å²) in [6.45, 7) is 6.49.